The van der Waals surface area contributed by atoms with Gasteiger partial charge in [0.05, 0.1) is 17.1 Å². The van der Waals surface area contributed by atoms with Gasteiger partial charge in [0.15, 0.2) is 0 Å². The molecule has 0 spiro atoms. The quantitative estimate of drug-likeness (QED) is 0.232. The Morgan fingerprint density at radius 1 is 0.718 bits per heavy atom. The van der Waals surface area contributed by atoms with Crippen LogP contribution >= 0.6 is 11.6 Å². The van der Waals surface area contributed by atoms with Gasteiger partial charge in [0, 0.05) is 27.9 Å². The van der Waals surface area contributed by atoms with Crippen molar-refractivity contribution in [2.24, 2.45) is 0 Å². The molecule has 4 aromatic carbocycles. The Bertz CT molecular complexity index is 1700. The molecule has 0 amide bonds. The van der Waals surface area contributed by atoms with E-state index in [1.165, 1.54) is 0 Å². The number of nitrogens with two attached hydrogens (primary N) is 1. The van der Waals surface area contributed by atoms with E-state index in [4.69, 9.17) is 27.2 Å². The van der Waals surface area contributed by atoms with Gasteiger partial charge in [-0.15, -0.1) is 0 Å². The summed E-state index contributed by atoms with van der Waals surface area (Å²) in [5.74, 6) is 0.962. The monoisotopic (exact) mass is 529 g/mol. The van der Waals surface area contributed by atoms with E-state index in [9.17, 15) is 0 Å². The van der Waals surface area contributed by atoms with Crippen molar-refractivity contribution < 1.29 is 4.74 Å². The Hall–Kier alpha value is -4.94. The minimum Gasteiger partial charge on any atom is -0.489 e. The predicted octanol–water partition coefficient (Wildman–Crippen LogP) is 7.48. The van der Waals surface area contributed by atoms with Gasteiger partial charge >= 0.3 is 0 Å². The van der Waals surface area contributed by atoms with Crippen LogP contribution in [0.4, 0.5) is 5.95 Å². The van der Waals surface area contributed by atoms with E-state index in [1.807, 2.05) is 126 Å². The summed E-state index contributed by atoms with van der Waals surface area (Å²) in [5, 5.41) is 5.61. The van der Waals surface area contributed by atoms with Crippen molar-refractivity contribution in [3.63, 3.8) is 0 Å². The number of ether oxygens (including phenoxy) is 1. The third-order valence-electron chi connectivity index (χ3n) is 6.27. The lowest BCUT2D eigenvalue weighted by molar-refractivity contribution is 0.306. The maximum atomic E-state index is 6.18. The molecule has 0 aliphatic rings. The molecule has 0 unspecified atom stereocenters. The number of para-hydroxylation sites is 1. The Morgan fingerprint density at radius 2 is 1.36 bits per heavy atom. The minimum atomic E-state index is 0.181. The normalized spacial score (nSPS) is 10.9. The second kappa shape index (κ2) is 10.8. The molecular weight excluding hydrogens is 506 g/mol. The number of halogens is 1. The van der Waals surface area contributed by atoms with Crippen LogP contribution in [0.3, 0.4) is 0 Å². The summed E-state index contributed by atoms with van der Waals surface area (Å²) < 4.78 is 7.84. The molecule has 6 nitrogen and oxygen atoms in total. The van der Waals surface area contributed by atoms with Gasteiger partial charge in [0.1, 0.15) is 18.1 Å². The zero-order valence-corrected chi connectivity index (χ0v) is 21.7. The third-order valence-corrected chi connectivity index (χ3v) is 6.52. The highest BCUT2D eigenvalue weighted by molar-refractivity contribution is 6.30. The molecule has 2 N–H and O–H groups in total. The van der Waals surface area contributed by atoms with Crippen molar-refractivity contribution in [3.8, 4) is 45.2 Å². The fourth-order valence-corrected chi connectivity index (χ4v) is 4.44. The molecule has 190 valence electrons. The van der Waals surface area contributed by atoms with Gasteiger partial charge in [-0.25, -0.2) is 14.6 Å². The Morgan fingerprint density at radius 3 is 2.08 bits per heavy atom. The average Bonchev–Trinajstić information content (AvgIpc) is 3.43. The molecule has 0 bridgehead atoms. The molecule has 0 aliphatic heterocycles. The lowest BCUT2D eigenvalue weighted by atomic mass is 10.0. The lowest BCUT2D eigenvalue weighted by Gasteiger charge is -2.09. The van der Waals surface area contributed by atoms with E-state index < -0.39 is 0 Å². The van der Waals surface area contributed by atoms with Gasteiger partial charge in [-0.05, 0) is 60.2 Å². The molecule has 0 atom stereocenters. The molecule has 39 heavy (non-hydrogen) atoms. The number of anilines is 1. The van der Waals surface area contributed by atoms with Crippen LogP contribution in [0.15, 0.2) is 121 Å². The SMILES string of the molecule is Nc1nc(-c2ccc(Cl)cc2)cc(-c2cn(-c3ccccc3)nc2-c2ccc(OCc3ccccc3)cc2)n1. The van der Waals surface area contributed by atoms with Gasteiger partial charge in [-0.3, -0.25) is 0 Å². The molecule has 0 fully saturated rings. The summed E-state index contributed by atoms with van der Waals surface area (Å²) in [7, 11) is 0. The van der Waals surface area contributed by atoms with Gasteiger partial charge < -0.3 is 10.5 Å². The summed E-state index contributed by atoms with van der Waals surface area (Å²) in [6, 6.07) is 37.4. The first-order chi connectivity index (χ1) is 19.1. The Kier molecular flexibility index (Phi) is 6.76. The maximum Gasteiger partial charge on any atom is 0.221 e. The lowest BCUT2D eigenvalue weighted by Crippen LogP contribution is -1.99. The van der Waals surface area contributed by atoms with Crippen LogP contribution in [-0.4, -0.2) is 19.7 Å². The zero-order valence-electron chi connectivity index (χ0n) is 20.9. The number of benzene rings is 4. The van der Waals surface area contributed by atoms with Crippen LogP contribution in [0.5, 0.6) is 5.75 Å². The van der Waals surface area contributed by atoms with Crippen molar-refractivity contribution in [3.05, 3.63) is 132 Å². The molecule has 0 saturated carbocycles. The fourth-order valence-electron chi connectivity index (χ4n) is 4.31. The van der Waals surface area contributed by atoms with Crippen LogP contribution in [0, 0.1) is 0 Å². The number of hydrogen-bond acceptors (Lipinski definition) is 5. The highest BCUT2D eigenvalue weighted by Gasteiger charge is 2.17. The van der Waals surface area contributed by atoms with Gasteiger partial charge in [-0.2, -0.15) is 5.10 Å². The number of nitrogen functional groups attached to an aromatic ring is 1. The van der Waals surface area contributed by atoms with Crippen LogP contribution in [0.1, 0.15) is 5.56 Å². The molecule has 6 rings (SSSR count). The number of hydrogen-bond donors (Lipinski definition) is 1. The summed E-state index contributed by atoms with van der Waals surface area (Å²) in [4.78, 5) is 9.05. The van der Waals surface area contributed by atoms with Crippen molar-refractivity contribution in [2.75, 3.05) is 5.73 Å². The number of aromatic nitrogens is 4. The van der Waals surface area contributed by atoms with E-state index >= 15 is 0 Å². The van der Waals surface area contributed by atoms with Gasteiger partial charge in [-0.1, -0.05) is 72.3 Å². The molecule has 7 heteroatoms. The first kappa shape index (κ1) is 24.4. The van der Waals surface area contributed by atoms with Crippen LogP contribution in [0.25, 0.3) is 39.5 Å². The van der Waals surface area contributed by atoms with Crippen molar-refractivity contribution in [1.29, 1.82) is 0 Å². The minimum absolute atomic E-state index is 0.181. The second-order valence-corrected chi connectivity index (χ2v) is 9.41. The number of nitrogens with zero attached hydrogens (tertiary/aromatic N) is 4. The van der Waals surface area contributed by atoms with E-state index in [0.29, 0.717) is 23.0 Å². The summed E-state index contributed by atoms with van der Waals surface area (Å²) >= 11 is 6.09. The molecule has 0 aliphatic carbocycles. The first-order valence-corrected chi connectivity index (χ1v) is 12.8. The van der Waals surface area contributed by atoms with Crippen LogP contribution in [0.2, 0.25) is 5.02 Å². The molecule has 0 saturated heterocycles. The van der Waals surface area contributed by atoms with E-state index in [1.54, 1.807) is 0 Å². The molecule has 6 aromatic rings. The van der Waals surface area contributed by atoms with Crippen LogP contribution < -0.4 is 10.5 Å². The molecule has 2 heterocycles. The Balaban J connectivity index is 1.39. The second-order valence-electron chi connectivity index (χ2n) is 8.97. The highest BCUT2D eigenvalue weighted by Crippen LogP contribution is 2.34. The molecule has 0 radical (unpaired) electrons. The third kappa shape index (κ3) is 5.51. The topological polar surface area (TPSA) is 78.8 Å². The largest absolute Gasteiger partial charge is 0.489 e. The standard InChI is InChI=1S/C32H24ClN5O/c33-25-15-11-23(12-16-25)29-19-30(36-32(34)35-29)28-20-38(26-9-5-2-6-10-26)37-31(28)24-13-17-27(18-14-24)39-21-22-7-3-1-4-8-22/h1-20H,21H2,(H2,34,35,36). The summed E-state index contributed by atoms with van der Waals surface area (Å²) in [6.07, 6.45) is 1.97. The highest BCUT2D eigenvalue weighted by atomic mass is 35.5. The fraction of sp³-hybridized carbons (Fsp3) is 0.0312. The zero-order chi connectivity index (χ0) is 26.6. The smallest absolute Gasteiger partial charge is 0.221 e. The molecular formula is C32H24ClN5O. The molecule has 2 aromatic heterocycles. The maximum absolute atomic E-state index is 6.18. The van der Waals surface area contributed by atoms with Crippen molar-refractivity contribution in [2.45, 2.75) is 6.61 Å². The number of rotatable bonds is 7. The van der Waals surface area contributed by atoms with E-state index in [0.717, 1.165) is 39.4 Å². The van der Waals surface area contributed by atoms with Crippen LogP contribution in [-0.2, 0) is 6.61 Å². The van der Waals surface area contributed by atoms with Crippen molar-refractivity contribution in [1.82, 2.24) is 19.7 Å². The summed E-state index contributed by atoms with van der Waals surface area (Å²) in [5.41, 5.74) is 13.0. The van der Waals surface area contributed by atoms with E-state index in [2.05, 4.69) is 9.97 Å². The average molecular weight is 530 g/mol. The summed E-state index contributed by atoms with van der Waals surface area (Å²) in [6.45, 7) is 0.502. The van der Waals surface area contributed by atoms with E-state index in [-0.39, 0.29) is 5.95 Å². The first-order valence-electron chi connectivity index (χ1n) is 12.5. The Labute approximate surface area is 231 Å². The van der Waals surface area contributed by atoms with Gasteiger partial charge in [0.2, 0.25) is 5.95 Å². The van der Waals surface area contributed by atoms with Crippen molar-refractivity contribution >= 4 is 17.5 Å². The predicted molar refractivity (Wildman–Crippen MR) is 156 cm³/mol. The van der Waals surface area contributed by atoms with Gasteiger partial charge in [0.25, 0.3) is 0 Å².